The van der Waals surface area contributed by atoms with E-state index in [9.17, 15) is 66.5 Å². The largest absolute Gasteiger partial charge is 0.785 e. The SMILES string of the molecule is OB(Oc1c(F)c(F)c(F)c2c(F)c(F)c(F)c(F)c12)Oc1c(F)c(F)c(F)c2c(F)c(F)c(F)c(F)c12. The summed E-state index contributed by atoms with van der Waals surface area (Å²) in [6.07, 6.45) is 0. The summed E-state index contributed by atoms with van der Waals surface area (Å²) in [6.45, 7) is 0. The third-order valence-corrected chi connectivity index (χ3v) is 5.03. The molecule has 3 nitrogen and oxygen atoms in total. The van der Waals surface area contributed by atoms with E-state index in [1.54, 1.807) is 0 Å². The molecule has 4 rings (SSSR count). The molecular formula is C20HBF14O3. The lowest BCUT2D eigenvalue weighted by Crippen LogP contribution is -2.31. The predicted molar refractivity (Wildman–Crippen MR) is 96.5 cm³/mol. The molecule has 18 heteroatoms. The lowest BCUT2D eigenvalue weighted by molar-refractivity contribution is 0.280. The molecule has 0 radical (unpaired) electrons. The van der Waals surface area contributed by atoms with Crippen molar-refractivity contribution in [1.29, 1.82) is 0 Å². The van der Waals surface area contributed by atoms with Crippen LogP contribution in [0.2, 0.25) is 0 Å². The second-order valence-corrected chi connectivity index (χ2v) is 7.10. The van der Waals surface area contributed by atoms with Gasteiger partial charge in [0.15, 0.2) is 81.3 Å². The highest BCUT2D eigenvalue weighted by Crippen LogP contribution is 2.41. The van der Waals surface area contributed by atoms with Crippen molar-refractivity contribution < 1.29 is 75.8 Å². The zero-order valence-electron chi connectivity index (χ0n) is 17.1. The van der Waals surface area contributed by atoms with Crippen molar-refractivity contribution in [2.45, 2.75) is 0 Å². The summed E-state index contributed by atoms with van der Waals surface area (Å²) in [4.78, 5) is 0. The van der Waals surface area contributed by atoms with Gasteiger partial charge in [0.1, 0.15) is 0 Å². The first kappa shape index (κ1) is 27.1. The van der Waals surface area contributed by atoms with Crippen LogP contribution in [-0.4, -0.2) is 12.3 Å². The van der Waals surface area contributed by atoms with Crippen LogP contribution >= 0.6 is 0 Å². The minimum atomic E-state index is -3.52. The summed E-state index contributed by atoms with van der Waals surface area (Å²) in [5.74, 6) is -41.8. The van der Waals surface area contributed by atoms with Gasteiger partial charge in [0.05, 0.1) is 21.5 Å². The van der Waals surface area contributed by atoms with Crippen LogP contribution in [0, 0.1) is 81.4 Å². The highest BCUT2D eigenvalue weighted by molar-refractivity contribution is 6.37. The molecule has 0 aromatic heterocycles. The summed E-state index contributed by atoms with van der Waals surface area (Å²) < 4.78 is 204. The van der Waals surface area contributed by atoms with Crippen LogP contribution in [0.4, 0.5) is 61.5 Å². The van der Waals surface area contributed by atoms with Gasteiger partial charge in [0.2, 0.25) is 11.6 Å². The van der Waals surface area contributed by atoms with E-state index in [1.165, 1.54) is 0 Å². The zero-order valence-corrected chi connectivity index (χ0v) is 17.1. The molecule has 0 fully saturated rings. The number of halogens is 14. The normalized spacial score (nSPS) is 11.6. The molecule has 38 heavy (non-hydrogen) atoms. The van der Waals surface area contributed by atoms with Gasteiger partial charge in [-0.3, -0.25) is 0 Å². The Bertz CT molecular complexity index is 1550. The Labute approximate surface area is 198 Å². The van der Waals surface area contributed by atoms with Crippen LogP contribution < -0.4 is 9.31 Å². The highest BCUT2D eigenvalue weighted by Gasteiger charge is 2.37. The van der Waals surface area contributed by atoms with E-state index in [2.05, 4.69) is 9.31 Å². The summed E-state index contributed by atoms with van der Waals surface area (Å²) in [7, 11) is -3.52. The van der Waals surface area contributed by atoms with E-state index in [0.29, 0.717) is 0 Å². The van der Waals surface area contributed by atoms with E-state index >= 15 is 0 Å². The molecule has 0 saturated carbocycles. The first-order valence-electron chi connectivity index (χ1n) is 9.28. The lowest BCUT2D eigenvalue weighted by Gasteiger charge is -2.18. The number of fused-ring (bicyclic) bond motifs is 2. The Balaban J connectivity index is 1.94. The lowest BCUT2D eigenvalue weighted by atomic mass is 10.0. The molecule has 4 aromatic carbocycles. The maximum absolute atomic E-state index is 14.3. The molecule has 0 amide bonds. The van der Waals surface area contributed by atoms with Crippen molar-refractivity contribution in [3.05, 3.63) is 81.4 Å². The Hall–Kier alpha value is -3.96. The van der Waals surface area contributed by atoms with Gasteiger partial charge in [0, 0.05) is 0 Å². The van der Waals surface area contributed by atoms with Crippen molar-refractivity contribution in [3.63, 3.8) is 0 Å². The maximum Gasteiger partial charge on any atom is 0.785 e. The second kappa shape index (κ2) is 9.11. The first-order chi connectivity index (χ1) is 17.6. The van der Waals surface area contributed by atoms with Crippen LogP contribution in [0.25, 0.3) is 21.5 Å². The van der Waals surface area contributed by atoms with Gasteiger partial charge in [-0.25, -0.2) is 52.7 Å². The number of hydrogen-bond acceptors (Lipinski definition) is 3. The van der Waals surface area contributed by atoms with E-state index in [4.69, 9.17) is 0 Å². The van der Waals surface area contributed by atoms with Gasteiger partial charge < -0.3 is 14.3 Å². The van der Waals surface area contributed by atoms with E-state index in [1.807, 2.05) is 0 Å². The molecule has 0 aliphatic heterocycles. The van der Waals surface area contributed by atoms with Gasteiger partial charge >= 0.3 is 7.32 Å². The molecule has 4 aromatic rings. The van der Waals surface area contributed by atoms with Crippen LogP contribution in [-0.2, 0) is 0 Å². The summed E-state index contributed by atoms with van der Waals surface area (Å²) >= 11 is 0. The standard InChI is InChI=1S/C20HBF14O3/c22-5-1-3(9(26)13(30)11(5)28)19(17(34)15(32)7(1)24)37-21(36)38-20-4-2(8(25)16(33)18(20)35)6(23)12(29)14(31)10(4)27/h36H. The monoisotopic (exact) mass is 566 g/mol. The molecule has 0 unspecified atom stereocenters. The second-order valence-electron chi connectivity index (χ2n) is 7.10. The van der Waals surface area contributed by atoms with E-state index in [0.717, 1.165) is 0 Å². The van der Waals surface area contributed by atoms with Gasteiger partial charge in [-0.2, -0.15) is 8.78 Å². The van der Waals surface area contributed by atoms with Gasteiger partial charge in [-0.05, 0) is 0 Å². The van der Waals surface area contributed by atoms with Crippen LogP contribution in [0.5, 0.6) is 11.5 Å². The molecule has 0 heterocycles. The Morgan fingerprint density at radius 1 is 0.316 bits per heavy atom. The van der Waals surface area contributed by atoms with E-state index < -0.39 is 122 Å². The van der Waals surface area contributed by atoms with Crippen molar-refractivity contribution in [2.75, 3.05) is 0 Å². The molecule has 0 saturated heterocycles. The van der Waals surface area contributed by atoms with Crippen molar-refractivity contribution in [3.8, 4) is 11.5 Å². The molecular weight excluding hydrogens is 565 g/mol. The summed E-state index contributed by atoms with van der Waals surface area (Å²) in [5.41, 5.74) is 0. The molecule has 200 valence electrons. The fourth-order valence-corrected chi connectivity index (χ4v) is 3.38. The number of hydrogen-bond donors (Lipinski definition) is 1. The fourth-order valence-electron chi connectivity index (χ4n) is 3.38. The predicted octanol–water partition coefficient (Wildman–Crippen LogP) is 6.38. The third kappa shape index (κ3) is 3.65. The molecule has 0 atom stereocenters. The Morgan fingerprint density at radius 3 is 0.789 bits per heavy atom. The molecule has 0 aliphatic carbocycles. The first-order valence-corrected chi connectivity index (χ1v) is 9.28. The molecule has 0 bridgehead atoms. The van der Waals surface area contributed by atoms with Crippen LogP contribution in [0.3, 0.4) is 0 Å². The van der Waals surface area contributed by atoms with Gasteiger partial charge in [-0.1, -0.05) is 0 Å². The van der Waals surface area contributed by atoms with Crippen LogP contribution in [0.1, 0.15) is 0 Å². The quantitative estimate of drug-likeness (QED) is 0.135. The average Bonchev–Trinajstić information content (AvgIpc) is 2.88. The Kier molecular flexibility index (Phi) is 6.49. The minimum Gasteiger partial charge on any atom is -0.498 e. The minimum absolute atomic E-state index is 2.05. The number of benzene rings is 4. The smallest absolute Gasteiger partial charge is 0.498 e. The fraction of sp³-hybridized carbons (Fsp3) is 0. The van der Waals surface area contributed by atoms with E-state index in [-0.39, 0.29) is 0 Å². The zero-order chi connectivity index (χ0) is 28.5. The maximum atomic E-state index is 14.3. The highest BCUT2D eigenvalue weighted by atomic mass is 19.2. The number of rotatable bonds is 4. The average molecular weight is 566 g/mol. The Morgan fingerprint density at radius 2 is 0.526 bits per heavy atom. The van der Waals surface area contributed by atoms with Crippen molar-refractivity contribution in [1.82, 2.24) is 0 Å². The molecule has 0 aliphatic rings. The third-order valence-electron chi connectivity index (χ3n) is 5.03. The van der Waals surface area contributed by atoms with Crippen molar-refractivity contribution >= 4 is 28.9 Å². The topological polar surface area (TPSA) is 38.7 Å². The van der Waals surface area contributed by atoms with Crippen molar-refractivity contribution in [2.24, 2.45) is 0 Å². The molecule has 0 spiro atoms. The molecule has 1 N–H and O–H groups in total. The van der Waals surface area contributed by atoms with Gasteiger partial charge in [0.25, 0.3) is 0 Å². The van der Waals surface area contributed by atoms with Gasteiger partial charge in [-0.15, -0.1) is 0 Å². The summed E-state index contributed by atoms with van der Waals surface area (Å²) in [6, 6.07) is 0. The van der Waals surface area contributed by atoms with Crippen LogP contribution in [0.15, 0.2) is 0 Å². The summed E-state index contributed by atoms with van der Waals surface area (Å²) in [5, 5.41) is 1.50.